The van der Waals surface area contributed by atoms with Crippen molar-refractivity contribution in [2.75, 3.05) is 7.05 Å². The average Bonchev–Trinajstić information content (AvgIpc) is 2.76. The molecular formula is C13H12BrCl2NS. The zero-order valence-electron chi connectivity index (χ0n) is 9.71. The lowest BCUT2D eigenvalue weighted by Gasteiger charge is -2.17. The van der Waals surface area contributed by atoms with Crippen LogP contribution in [-0.2, 0) is 6.42 Å². The van der Waals surface area contributed by atoms with Gasteiger partial charge in [-0.05, 0) is 58.0 Å². The summed E-state index contributed by atoms with van der Waals surface area (Å²) in [7, 11) is 1.94. The minimum absolute atomic E-state index is 0.197. The van der Waals surface area contributed by atoms with E-state index in [1.807, 2.05) is 25.2 Å². The van der Waals surface area contributed by atoms with E-state index in [1.165, 1.54) is 5.56 Å². The van der Waals surface area contributed by atoms with E-state index in [0.717, 1.165) is 16.5 Å². The van der Waals surface area contributed by atoms with Gasteiger partial charge in [-0.25, -0.2) is 0 Å². The smallest absolute Gasteiger partial charge is 0.0453 e. The summed E-state index contributed by atoms with van der Waals surface area (Å²) in [4.78, 5) is 0. The van der Waals surface area contributed by atoms with Crippen molar-refractivity contribution in [3.05, 3.63) is 54.6 Å². The monoisotopic (exact) mass is 363 g/mol. The van der Waals surface area contributed by atoms with E-state index in [-0.39, 0.29) is 6.04 Å². The van der Waals surface area contributed by atoms with Crippen LogP contribution in [0.1, 0.15) is 17.2 Å². The Hall–Kier alpha value is -0.0600. The number of nitrogens with one attached hydrogen (secondary N) is 1. The summed E-state index contributed by atoms with van der Waals surface area (Å²) in [5, 5.41) is 8.95. The van der Waals surface area contributed by atoms with Gasteiger partial charge >= 0.3 is 0 Å². The highest BCUT2D eigenvalue weighted by Crippen LogP contribution is 2.33. The third-order valence-electron chi connectivity index (χ3n) is 2.84. The van der Waals surface area contributed by atoms with Gasteiger partial charge in [0.25, 0.3) is 0 Å². The topological polar surface area (TPSA) is 12.0 Å². The molecule has 2 rings (SSSR count). The fourth-order valence-electron chi connectivity index (χ4n) is 1.84. The molecular weight excluding hydrogens is 353 g/mol. The van der Waals surface area contributed by atoms with Crippen molar-refractivity contribution >= 4 is 50.5 Å². The molecule has 1 nitrogen and oxygen atoms in total. The Morgan fingerprint density at radius 3 is 2.44 bits per heavy atom. The fourth-order valence-corrected chi connectivity index (χ4v) is 4.02. The van der Waals surface area contributed by atoms with Crippen LogP contribution in [0.2, 0.25) is 10.0 Å². The molecule has 2 aromatic rings. The number of rotatable bonds is 4. The number of benzene rings is 1. The first kappa shape index (κ1) is 14.4. The Balaban J connectivity index is 2.29. The maximum Gasteiger partial charge on any atom is 0.0453 e. The molecule has 0 radical (unpaired) electrons. The Bertz CT molecular complexity index is 521. The molecule has 0 saturated heterocycles. The predicted molar refractivity (Wildman–Crippen MR) is 84.0 cm³/mol. The molecule has 0 saturated carbocycles. The Kier molecular flexibility index (Phi) is 5.10. The normalized spacial score (nSPS) is 12.7. The summed E-state index contributed by atoms with van der Waals surface area (Å²) < 4.78 is 1.12. The zero-order valence-corrected chi connectivity index (χ0v) is 13.6. The van der Waals surface area contributed by atoms with Gasteiger partial charge in [-0.15, -0.1) is 0 Å². The van der Waals surface area contributed by atoms with Gasteiger partial charge in [-0.1, -0.05) is 29.3 Å². The first-order valence-corrected chi connectivity index (χ1v) is 7.94. The fraction of sp³-hybridized carbons (Fsp3) is 0.231. The second-order valence-corrected chi connectivity index (χ2v) is 6.33. The van der Waals surface area contributed by atoms with Gasteiger partial charge < -0.3 is 5.32 Å². The number of hydrogen-bond donors (Lipinski definition) is 1. The first-order valence-electron chi connectivity index (χ1n) is 5.45. The van der Waals surface area contributed by atoms with Crippen LogP contribution in [0.4, 0.5) is 0 Å². The van der Waals surface area contributed by atoms with Gasteiger partial charge in [-0.2, -0.15) is 11.3 Å². The molecule has 1 aromatic heterocycles. The van der Waals surface area contributed by atoms with Crippen LogP contribution in [-0.4, -0.2) is 7.05 Å². The van der Waals surface area contributed by atoms with Crippen LogP contribution < -0.4 is 5.32 Å². The third kappa shape index (κ3) is 3.09. The molecule has 1 N–H and O–H groups in total. The molecule has 1 unspecified atom stereocenters. The molecule has 5 heteroatoms. The van der Waals surface area contributed by atoms with Gasteiger partial charge in [0.15, 0.2) is 0 Å². The van der Waals surface area contributed by atoms with Gasteiger partial charge in [0, 0.05) is 25.9 Å². The number of halogens is 3. The molecule has 0 aliphatic rings. The standard InChI is InChI=1S/C13H12BrCl2NS/c1-17-13(9-6-18-7-10(9)14)5-8-11(15)3-2-4-12(8)16/h2-4,6-7,13,17H,5H2,1H3. The minimum atomic E-state index is 0.197. The average molecular weight is 365 g/mol. The Morgan fingerprint density at radius 2 is 1.94 bits per heavy atom. The summed E-state index contributed by atoms with van der Waals surface area (Å²) >= 11 is 17.7. The second kappa shape index (κ2) is 6.40. The maximum atomic E-state index is 6.21. The Labute approximate surface area is 129 Å². The molecule has 0 bridgehead atoms. The van der Waals surface area contributed by atoms with Crippen LogP contribution in [0.15, 0.2) is 33.4 Å². The molecule has 1 heterocycles. The summed E-state index contributed by atoms with van der Waals surface area (Å²) in [5.74, 6) is 0. The lowest BCUT2D eigenvalue weighted by atomic mass is 10.0. The highest BCUT2D eigenvalue weighted by molar-refractivity contribution is 9.10. The van der Waals surface area contributed by atoms with Crippen molar-refractivity contribution in [3.63, 3.8) is 0 Å². The zero-order chi connectivity index (χ0) is 13.1. The summed E-state index contributed by atoms with van der Waals surface area (Å²) in [6.45, 7) is 0. The number of likely N-dealkylation sites (N-methyl/N-ethyl adjacent to an activating group) is 1. The summed E-state index contributed by atoms with van der Waals surface area (Å²) in [6, 6.07) is 5.81. The maximum absolute atomic E-state index is 6.21. The summed E-state index contributed by atoms with van der Waals surface area (Å²) in [6.07, 6.45) is 0.768. The molecule has 0 fully saturated rings. The lowest BCUT2D eigenvalue weighted by molar-refractivity contribution is 0.592. The minimum Gasteiger partial charge on any atom is -0.313 e. The van der Waals surface area contributed by atoms with Gasteiger partial charge in [-0.3, -0.25) is 0 Å². The van der Waals surface area contributed by atoms with Crippen molar-refractivity contribution in [1.29, 1.82) is 0 Å². The molecule has 96 valence electrons. The van der Waals surface area contributed by atoms with Gasteiger partial charge in [0.05, 0.1) is 0 Å². The highest BCUT2D eigenvalue weighted by atomic mass is 79.9. The van der Waals surface area contributed by atoms with Crippen LogP contribution in [0, 0.1) is 0 Å². The molecule has 1 aromatic carbocycles. The van der Waals surface area contributed by atoms with Crippen molar-refractivity contribution in [3.8, 4) is 0 Å². The van der Waals surface area contributed by atoms with Gasteiger partial charge in [0.2, 0.25) is 0 Å². The van der Waals surface area contributed by atoms with Crippen molar-refractivity contribution < 1.29 is 0 Å². The molecule has 1 atom stereocenters. The van der Waals surface area contributed by atoms with Crippen molar-refractivity contribution in [2.24, 2.45) is 0 Å². The largest absolute Gasteiger partial charge is 0.313 e. The molecule has 0 aliphatic carbocycles. The van der Waals surface area contributed by atoms with Crippen molar-refractivity contribution in [2.45, 2.75) is 12.5 Å². The molecule has 0 aliphatic heterocycles. The molecule has 0 spiro atoms. The third-order valence-corrected chi connectivity index (χ3v) is 5.30. The van der Waals surface area contributed by atoms with E-state index in [0.29, 0.717) is 10.0 Å². The van der Waals surface area contributed by atoms with Crippen LogP contribution in [0.25, 0.3) is 0 Å². The van der Waals surface area contributed by atoms with Gasteiger partial charge in [0.1, 0.15) is 0 Å². The van der Waals surface area contributed by atoms with E-state index in [9.17, 15) is 0 Å². The first-order chi connectivity index (χ1) is 8.63. The Morgan fingerprint density at radius 1 is 1.28 bits per heavy atom. The van der Waals surface area contributed by atoms with E-state index < -0.39 is 0 Å². The lowest BCUT2D eigenvalue weighted by Crippen LogP contribution is -2.19. The quantitative estimate of drug-likeness (QED) is 0.773. The second-order valence-electron chi connectivity index (χ2n) is 3.92. The van der Waals surface area contributed by atoms with E-state index >= 15 is 0 Å². The molecule has 0 amide bonds. The summed E-state index contributed by atoms with van der Waals surface area (Å²) in [5.41, 5.74) is 2.22. The van der Waals surface area contributed by atoms with Crippen LogP contribution in [0.3, 0.4) is 0 Å². The van der Waals surface area contributed by atoms with Crippen LogP contribution >= 0.6 is 50.5 Å². The van der Waals surface area contributed by atoms with E-state index in [1.54, 1.807) is 11.3 Å². The molecule has 18 heavy (non-hydrogen) atoms. The highest BCUT2D eigenvalue weighted by Gasteiger charge is 2.17. The van der Waals surface area contributed by atoms with Crippen LogP contribution in [0.5, 0.6) is 0 Å². The predicted octanol–water partition coefficient (Wildman–Crippen LogP) is 5.32. The number of hydrogen-bond acceptors (Lipinski definition) is 2. The SMILES string of the molecule is CNC(Cc1c(Cl)cccc1Cl)c1cscc1Br. The van der Waals surface area contributed by atoms with E-state index in [4.69, 9.17) is 23.2 Å². The number of thiophene rings is 1. The van der Waals surface area contributed by atoms with Crippen molar-refractivity contribution in [1.82, 2.24) is 5.32 Å². The van der Waals surface area contributed by atoms with E-state index in [2.05, 4.69) is 32.0 Å².